The van der Waals surface area contributed by atoms with E-state index in [9.17, 15) is 4.79 Å². The van der Waals surface area contributed by atoms with E-state index in [0.29, 0.717) is 29.0 Å². The Morgan fingerprint density at radius 3 is 2.10 bits per heavy atom. The molecule has 178 valence electrons. The lowest BCUT2D eigenvalue weighted by molar-refractivity contribution is -0.153. The molecule has 0 amide bonds. The van der Waals surface area contributed by atoms with Crippen LogP contribution in [-0.2, 0) is 4.79 Å². The molecule has 0 radical (unpaired) electrons. The number of ketones is 1. The molecule has 3 heteroatoms. The second-order valence-electron chi connectivity index (χ2n) is 9.07. The Bertz CT molecular complexity index is 529. The average molecular weight is 424 g/mol. The molecule has 0 aromatic rings. The number of hydrogen-bond acceptors (Lipinski definition) is 3. The topological polar surface area (TPSA) is 63.3 Å². The van der Waals surface area contributed by atoms with Gasteiger partial charge in [0.1, 0.15) is 5.78 Å². The predicted molar refractivity (Wildman–Crippen MR) is 131 cm³/mol. The zero-order valence-electron chi connectivity index (χ0n) is 21.7. The van der Waals surface area contributed by atoms with Crippen LogP contribution in [0.25, 0.3) is 0 Å². The Morgan fingerprint density at radius 1 is 0.933 bits per heavy atom. The molecule has 4 rings (SSSR count). The number of carbonyl (C=O) groups excluding carboxylic acids is 1. The van der Waals surface area contributed by atoms with Crippen LogP contribution in [0.2, 0.25) is 0 Å². The summed E-state index contributed by atoms with van der Waals surface area (Å²) in [5.41, 5.74) is 7.63. The normalized spacial score (nSPS) is 39.7. The summed E-state index contributed by atoms with van der Waals surface area (Å²) in [7, 11) is 1.00. The average Bonchev–Trinajstić information content (AvgIpc) is 3.14. The van der Waals surface area contributed by atoms with Gasteiger partial charge in [-0.25, -0.2) is 0 Å². The van der Waals surface area contributed by atoms with Gasteiger partial charge in [-0.05, 0) is 73.5 Å². The molecule has 4 saturated carbocycles. The van der Waals surface area contributed by atoms with Crippen molar-refractivity contribution in [2.24, 2.45) is 40.2 Å². The van der Waals surface area contributed by atoms with Gasteiger partial charge in [-0.15, -0.1) is 0 Å². The number of aliphatic hydroxyl groups is 1. The summed E-state index contributed by atoms with van der Waals surface area (Å²) in [6.45, 7) is 16.8. The second kappa shape index (κ2) is 13.6. The number of rotatable bonds is 0. The van der Waals surface area contributed by atoms with Crippen LogP contribution in [0.5, 0.6) is 0 Å². The summed E-state index contributed by atoms with van der Waals surface area (Å²) in [6, 6.07) is 0. The van der Waals surface area contributed by atoms with Gasteiger partial charge in [-0.2, -0.15) is 0 Å². The van der Waals surface area contributed by atoms with Gasteiger partial charge < -0.3 is 10.8 Å². The number of hydrogen-bond donors (Lipinski definition) is 2. The molecular weight excluding hydrogens is 370 g/mol. The molecule has 4 aliphatic carbocycles. The van der Waals surface area contributed by atoms with E-state index in [-0.39, 0.29) is 5.41 Å². The van der Waals surface area contributed by atoms with Crippen molar-refractivity contribution in [1.29, 1.82) is 0 Å². The van der Waals surface area contributed by atoms with Crippen molar-refractivity contribution in [1.82, 2.24) is 0 Å². The molecule has 4 fully saturated rings. The summed E-state index contributed by atoms with van der Waals surface area (Å²) in [6.07, 6.45) is 13.0. The zero-order valence-corrected chi connectivity index (χ0v) is 21.7. The molecule has 0 aromatic heterocycles. The largest absolute Gasteiger partial charge is 0.405 e. The molecule has 0 heterocycles. The first-order valence-electron chi connectivity index (χ1n) is 12.9. The molecule has 3 N–H and O–H groups in total. The molecule has 0 aliphatic heterocycles. The molecule has 3 nitrogen and oxygen atoms in total. The highest BCUT2D eigenvalue weighted by molar-refractivity contribution is 5.85. The van der Waals surface area contributed by atoms with Crippen LogP contribution in [-0.4, -0.2) is 18.0 Å². The molecule has 0 bridgehead atoms. The van der Waals surface area contributed by atoms with Gasteiger partial charge in [-0.1, -0.05) is 68.2 Å². The van der Waals surface area contributed by atoms with Crippen molar-refractivity contribution in [2.45, 2.75) is 113 Å². The Kier molecular flexibility index (Phi) is 13.2. The van der Waals surface area contributed by atoms with Gasteiger partial charge in [0.05, 0.1) is 0 Å². The third-order valence-corrected chi connectivity index (χ3v) is 8.32. The molecule has 6 atom stereocenters. The van der Waals surface area contributed by atoms with Crippen molar-refractivity contribution in [2.75, 3.05) is 7.11 Å². The van der Waals surface area contributed by atoms with Crippen molar-refractivity contribution >= 4 is 5.78 Å². The third kappa shape index (κ3) is 5.14. The fourth-order valence-electron chi connectivity index (χ4n) is 7.23. The van der Waals surface area contributed by atoms with E-state index in [4.69, 9.17) is 10.8 Å². The molecule has 0 spiro atoms. The van der Waals surface area contributed by atoms with Crippen molar-refractivity contribution in [3.05, 3.63) is 11.8 Å². The Labute approximate surface area is 188 Å². The van der Waals surface area contributed by atoms with E-state index in [0.717, 1.165) is 25.9 Å². The first-order valence-corrected chi connectivity index (χ1v) is 12.9. The highest BCUT2D eigenvalue weighted by Gasteiger charge is 2.61. The van der Waals surface area contributed by atoms with Crippen molar-refractivity contribution in [3.63, 3.8) is 0 Å². The van der Waals surface area contributed by atoms with E-state index in [1.807, 2.05) is 47.7 Å². The van der Waals surface area contributed by atoms with Crippen LogP contribution in [0, 0.1) is 34.5 Å². The number of nitrogens with two attached hydrogens (primary N) is 1. The maximum atomic E-state index is 13.2. The molecule has 0 saturated heterocycles. The molecular formula is C27H53NO2. The van der Waals surface area contributed by atoms with E-state index in [1.54, 1.807) is 0 Å². The minimum Gasteiger partial charge on any atom is -0.405 e. The molecule has 6 unspecified atom stereocenters. The van der Waals surface area contributed by atoms with Crippen LogP contribution in [0.3, 0.4) is 0 Å². The highest BCUT2D eigenvalue weighted by atomic mass is 16.2. The van der Waals surface area contributed by atoms with E-state index in [2.05, 4.69) is 13.8 Å². The summed E-state index contributed by atoms with van der Waals surface area (Å²) >= 11 is 0. The monoisotopic (exact) mass is 423 g/mol. The van der Waals surface area contributed by atoms with E-state index >= 15 is 0 Å². The SMILES string of the molecule is CC.CC.CC.CC12CC(=O)C3C(CCC4CCCCC43C)C1CC/C2=C\N.CO. The summed E-state index contributed by atoms with van der Waals surface area (Å²) in [4.78, 5) is 13.2. The van der Waals surface area contributed by atoms with E-state index < -0.39 is 0 Å². The lowest BCUT2D eigenvalue weighted by atomic mass is 9.45. The standard InChI is InChI=1S/C20H31NO.3C2H6.CH4O/c1-19-10-4-3-5-13(19)6-8-15-16-9-7-14(12-21)20(16,2)11-17(22)18(15)19;4*1-2/h12-13,15-16,18H,3-11,21H2,1-2H3;3*1-2H3;2H,1H3/b14-12+;;;;. The molecule has 30 heavy (non-hydrogen) atoms. The second-order valence-corrected chi connectivity index (χ2v) is 9.07. The minimum atomic E-state index is 0.0743. The van der Waals surface area contributed by atoms with Gasteiger partial charge in [0, 0.05) is 24.9 Å². The van der Waals surface area contributed by atoms with Crippen LogP contribution in [0.15, 0.2) is 11.8 Å². The zero-order chi connectivity index (χ0) is 23.5. The Balaban J connectivity index is 0.000000948. The fourth-order valence-corrected chi connectivity index (χ4v) is 7.23. The number of aliphatic hydroxyl groups excluding tert-OH is 1. The maximum Gasteiger partial charge on any atom is 0.137 e. The number of Topliss-reactive ketones (excluding diaryl/α,β-unsaturated/α-hetero) is 1. The summed E-state index contributed by atoms with van der Waals surface area (Å²) in [5, 5.41) is 7.00. The number of carbonyl (C=O) groups is 1. The third-order valence-electron chi connectivity index (χ3n) is 8.32. The quantitative estimate of drug-likeness (QED) is 0.435. The number of fused-ring (bicyclic) bond motifs is 5. The van der Waals surface area contributed by atoms with Gasteiger partial charge in [-0.3, -0.25) is 4.79 Å². The smallest absolute Gasteiger partial charge is 0.137 e. The Hall–Kier alpha value is -0.830. The van der Waals surface area contributed by atoms with Gasteiger partial charge in [0.15, 0.2) is 0 Å². The van der Waals surface area contributed by atoms with Crippen LogP contribution < -0.4 is 5.73 Å². The highest BCUT2D eigenvalue weighted by Crippen LogP contribution is 2.66. The van der Waals surface area contributed by atoms with Crippen molar-refractivity contribution in [3.8, 4) is 0 Å². The first-order chi connectivity index (χ1) is 14.5. The summed E-state index contributed by atoms with van der Waals surface area (Å²) < 4.78 is 0. The lowest BCUT2D eigenvalue weighted by Gasteiger charge is -2.59. The van der Waals surface area contributed by atoms with Crippen molar-refractivity contribution < 1.29 is 9.90 Å². The van der Waals surface area contributed by atoms with Crippen LogP contribution >= 0.6 is 0 Å². The molecule has 4 aliphatic rings. The van der Waals surface area contributed by atoms with Crippen LogP contribution in [0.1, 0.15) is 113 Å². The van der Waals surface area contributed by atoms with Gasteiger partial charge >= 0.3 is 0 Å². The van der Waals surface area contributed by atoms with Gasteiger partial charge in [0.25, 0.3) is 0 Å². The Morgan fingerprint density at radius 2 is 1.53 bits per heavy atom. The van der Waals surface area contributed by atoms with Crippen LogP contribution in [0.4, 0.5) is 0 Å². The number of allylic oxidation sites excluding steroid dienone is 1. The molecule has 0 aromatic carbocycles. The lowest BCUT2D eigenvalue weighted by Crippen LogP contribution is -2.56. The predicted octanol–water partition coefficient (Wildman–Crippen LogP) is 7.13. The first kappa shape index (κ1) is 29.2. The summed E-state index contributed by atoms with van der Waals surface area (Å²) in [5.74, 6) is 3.05. The fraction of sp³-hybridized carbons (Fsp3) is 0.889. The van der Waals surface area contributed by atoms with E-state index in [1.165, 1.54) is 50.5 Å². The minimum absolute atomic E-state index is 0.0743. The van der Waals surface area contributed by atoms with Gasteiger partial charge in [0.2, 0.25) is 0 Å². The maximum absolute atomic E-state index is 13.2.